The first-order valence-corrected chi connectivity index (χ1v) is 8.20. The van der Waals surface area contributed by atoms with Crippen LogP contribution in [0.4, 0.5) is 0 Å². The van der Waals surface area contributed by atoms with Gasteiger partial charge in [0.2, 0.25) is 5.76 Å². The van der Waals surface area contributed by atoms with Crippen LogP contribution in [-0.2, 0) is 9.53 Å². The molecule has 2 aromatic rings. The second-order valence-corrected chi connectivity index (χ2v) is 5.88. The van der Waals surface area contributed by atoms with Crippen molar-refractivity contribution < 1.29 is 18.7 Å². The summed E-state index contributed by atoms with van der Waals surface area (Å²) in [6, 6.07) is 10.3. The minimum atomic E-state index is -0.688. The molecule has 24 heavy (non-hydrogen) atoms. The molecule has 1 amide bonds. The fourth-order valence-electron chi connectivity index (χ4n) is 2.28. The number of carbonyl (C=O) groups excluding carboxylic acids is 2. The van der Waals surface area contributed by atoms with Crippen LogP contribution in [0.2, 0.25) is 5.02 Å². The van der Waals surface area contributed by atoms with Gasteiger partial charge in [-0.1, -0.05) is 37.1 Å². The molecule has 1 aromatic heterocycles. The molecule has 1 aromatic carbocycles. The van der Waals surface area contributed by atoms with Gasteiger partial charge >= 0.3 is 5.97 Å². The maximum Gasteiger partial charge on any atom is 0.374 e. The van der Waals surface area contributed by atoms with Crippen LogP contribution in [0.5, 0.6) is 0 Å². The lowest BCUT2D eigenvalue weighted by atomic mass is 10.2. The molecule has 1 N–H and O–H groups in total. The number of furan rings is 1. The van der Waals surface area contributed by atoms with E-state index in [9.17, 15) is 9.59 Å². The Morgan fingerprint density at radius 1 is 1.25 bits per heavy atom. The van der Waals surface area contributed by atoms with Crippen LogP contribution in [0.3, 0.4) is 0 Å². The fourth-order valence-corrected chi connectivity index (χ4v) is 2.51. The highest BCUT2D eigenvalue weighted by Crippen LogP contribution is 2.29. The third-order valence-electron chi connectivity index (χ3n) is 3.41. The Bertz CT molecular complexity index is 711. The van der Waals surface area contributed by atoms with E-state index in [-0.39, 0.29) is 24.3 Å². The molecule has 0 radical (unpaired) electrons. The summed E-state index contributed by atoms with van der Waals surface area (Å²) >= 11 is 6.10. The lowest BCUT2D eigenvalue weighted by Crippen LogP contribution is -2.35. The molecule has 1 heterocycles. The van der Waals surface area contributed by atoms with Crippen LogP contribution >= 0.6 is 11.6 Å². The minimum Gasteiger partial charge on any atom is -0.450 e. The van der Waals surface area contributed by atoms with E-state index in [0.29, 0.717) is 16.3 Å². The zero-order valence-corrected chi connectivity index (χ0v) is 14.4. The van der Waals surface area contributed by atoms with Crippen molar-refractivity contribution in [1.29, 1.82) is 0 Å². The summed E-state index contributed by atoms with van der Waals surface area (Å²) in [5.41, 5.74) is 0.685. The topological polar surface area (TPSA) is 68.5 Å². The van der Waals surface area contributed by atoms with Gasteiger partial charge in [-0.15, -0.1) is 0 Å². The van der Waals surface area contributed by atoms with Gasteiger partial charge in [0.25, 0.3) is 5.91 Å². The Kier molecular flexibility index (Phi) is 6.44. The van der Waals surface area contributed by atoms with Crippen molar-refractivity contribution in [1.82, 2.24) is 5.32 Å². The largest absolute Gasteiger partial charge is 0.450 e. The predicted octanol–water partition coefficient (Wildman–Crippen LogP) is 4.06. The highest BCUT2D eigenvalue weighted by molar-refractivity contribution is 6.33. The second kappa shape index (κ2) is 8.55. The molecule has 1 unspecified atom stereocenters. The highest BCUT2D eigenvalue weighted by Gasteiger charge is 2.16. The smallest absolute Gasteiger partial charge is 0.374 e. The summed E-state index contributed by atoms with van der Waals surface area (Å²) in [4.78, 5) is 23.7. The Balaban J connectivity index is 1.92. The van der Waals surface area contributed by atoms with E-state index >= 15 is 0 Å². The van der Waals surface area contributed by atoms with E-state index in [1.165, 1.54) is 6.07 Å². The maximum absolute atomic E-state index is 12.0. The van der Waals surface area contributed by atoms with Gasteiger partial charge < -0.3 is 14.5 Å². The van der Waals surface area contributed by atoms with Gasteiger partial charge in [-0.25, -0.2) is 4.79 Å². The molecule has 1 atom stereocenters. The van der Waals surface area contributed by atoms with Crippen molar-refractivity contribution in [2.75, 3.05) is 6.61 Å². The first kappa shape index (κ1) is 18.1. The lowest BCUT2D eigenvalue weighted by molar-refractivity contribution is -0.124. The first-order chi connectivity index (χ1) is 11.5. The number of amides is 1. The summed E-state index contributed by atoms with van der Waals surface area (Å²) in [5, 5.41) is 3.29. The van der Waals surface area contributed by atoms with E-state index < -0.39 is 5.97 Å². The van der Waals surface area contributed by atoms with Crippen LogP contribution in [0.25, 0.3) is 11.3 Å². The Morgan fingerprint density at radius 3 is 2.71 bits per heavy atom. The normalized spacial score (nSPS) is 11.8. The van der Waals surface area contributed by atoms with Crippen LogP contribution in [0, 0.1) is 0 Å². The molecule has 0 fully saturated rings. The molecule has 6 heteroatoms. The Morgan fingerprint density at radius 2 is 2.00 bits per heavy atom. The Hall–Kier alpha value is -2.27. The number of carbonyl (C=O) groups is 2. The Labute approximate surface area is 145 Å². The number of benzene rings is 1. The zero-order chi connectivity index (χ0) is 17.5. The van der Waals surface area contributed by atoms with E-state index in [2.05, 4.69) is 5.32 Å². The summed E-state index contributed by atoms with van der Waals surface area (Å²) in [6.07, 6.45) is 1.84. The van der Waals surface area contributed by atoms with Gasteiger partial charge in [-0.3, -0.25) is 4.79 Å². The minimum absolute atomic E-state index is 0.0272. The van der Waals surface area contributed by atoms with Gasteiger partial charge in [-0.2, -0.15) is 0 Å². The summed E-state index contributed by atoms with van der Waals surface area (Å²) in [5.74, 6) is -0.526. The van der Waals surface area contributed by atoms with Crippen LogP contribution < -0.4 is 5.32 Å². The van der Waals surface area contributed by atoms with Gasteiger partial charge in [-0.05, 0) is 37.6 Å². The third kappa shape index (κ3) is 4.86. The van der Waals surface area contributed by atoms with E-state index in [4.69, 9.17) is 20.8 Å². The van der Waals surface area contributed by atoms with Gasteiger partial charge in [0.15, 0.2) is 6.61 Å². The molecular weight excluding hydrogens is 330 g/mol. The molecule has 2 rings (SSSR count). The van der Waals surface area contributed by atoms with Crippen molar-refractivity contribution in [2.24, 2.45) is 0 Å². The van der Waals surface area contributed by atoms with E-state index in [1.807, 2.05) is 26.0 Å². The van der Waals surface area contributed by atoms with Crippen LogP contribution in [-0.4, -0.2) is 24.5 Å². The first-order valence-electron chi connectivity index (χ1n) is 7.82. The van der Waals surface area contributed by atoms with Crippen LogP contribution in [0.15, 0.2) is 40.8 Å². The molecule has 128 valence electrons. The molecule has 0 saturated heterocycles. The molecule has 0 saturated carbocycles. The van der Waals surface area contributed by atoms with Crippen molar-refractivity contribution in [2.45, 2.75) is 32.7 Å². The van der Waals surface area contributed by atoms with Gasteiger partial charge in [0.1, 0.15) is 5.76 Å². The van der Waals surface area contributed by atoms with Crippen molar-refractivity contribution in [3.05, 3.63) is 47.2 Å². The molecule has 0 aliphatic rings. The number of esters is 1. The summed E-state index contributed by atoms with van der Waals surface area (Å²) in [7, 11) is 0. The third-order valence-corrected chi connectivity index (χ3v) is 3.74. The molecule has 0 aliphatic carbocycles. The number of nitrogens with one attached hydrogen (secondary N) is 1. The number of rotatable bonds is 7. The summed E-state index contributed by atoms with van der Waals surface area (Å²) < 4.78 is 10.4. The van der Waals surface area contributed by atoms with E-state index in [0.717, 1.165) is 12.8 Å². The number of ether oxygens (including phenoxy) is 1. The lowest BCUT2D eigenvalue weighted by Gasteiger charge is -2.12. The standard InChI is InChI=1S/C18H20ClNO4/c1-3-6-12(2)20-17(21)11-23-18(22)16-10-9-15(24-16)13-7-4-5-8-14(13)19/h4-5,7-10,12H,3,6,11H2,1-2H3,(H,20,21). The zero-order valence-electron chi connectivity index (χ0n) is 13.7. The van der Waals surface area contributed by atoms with Crippen molar-refractivity contribution in [3.63, 3.8) is 0 Å². The fraction of sp³-hybridized carbons (Fsp3) is 0.333. The quantitative estimate of drug-likeness (QED) is 0.765. The molecule has 0 bridgehead atoms. The van der Waals surface area contributed by atoms with Gasteiger partial charge in [0, 0.05) is 11.6 Å². The molecule has 5 nitrogen and oxygen atoms in total. The number of halogens is 1. The maximum atomic E-state index is 12.0. The van der Waals surface area contributed by atoms with Crippen LogP contribution in [0.1, 0.15) is 37.2 Å². The number of hydrogen-bond donors (Lipinski definition) is 1. The monoisotopic (exact) mass is 349 g/mol. The molecule has 0 spiro atoms. The second-order valence-electron chi connectivity index (χ2n) is 5.48. The molecule has 0 aliphatic heterocycles. The SMILES string of the molecule is CCCC(C)NC(=O)COC(=O)c1ccc(-c2ccccc2Cl)o1. The van der Waals surface area contributed by atoms with Gasteiger partial charge in [0.05, 0.1) is 5.02 Å². The van der Waals surface area contributed by atoms with E-state index in [1.54, 1.807) is 18.2 Å². The average Bonchev–Trinajstić information content (AvgIpc) is 3.03. The number of hydrogen-bond acceptors (Lipinski definition) is 4. The highest BCUT2D eigenvalue weighted by atomic mass is 35.5. The summed E-state index contributed by atoms with van der Waals surface area (Å²) in [6.45, 7) is 3.61. The predicted molar refractivity (Wildman–Crippen MR) is 91.9 cm³/mol. The van der Waals surface area contributed by atoms with Crippen molar-refractivity contribution >= 4 is 23.5 Å². The molecular formula is C18H20ClNO4. The average molecular weight is 350 g/mol. The van der Waals surface area contributed by atoms with Crippen molar-refractivity contribution in [3.8, 4) is 11.3 Å².